The molecule has 0 bridgehead atoms. The van der Waals surface area contributed by atoms with Gasteiger partial charge >= 0.3 is 0 Å². The Kier molecular flexibility index (Phi) is 4.94. The first-order chi connectivity index (χ1) is 10.5. The third-order valence-corrected chi connectivity index (χ3v) is 3.80. The summed E-state index contributed by atoms with van der Waals surface area (Å²) in [4.78, 5) is 12.0. The fourth-order valence-electron chi connectivity index (χ4n) is 2.11. The first-order valence-electron chi connectivity index (χ1n) is 7.07. The van der Waals surface area contributed by atoms with Crippen molar-refractivity contribution in [2.75, 3.05) is 7.11 Å². The molecule has 1 N–H and O–H groups in total. The molecule has 0 radical (unpaired) electrons. The van der Waals surface area contributed by atoms with Crippen molar-refractivity contribution in [1.29, 1.82) is 0 Å². The predicted molar refractivity (Wildman–Crippen MR) is 88.7 cm³/mol. The number of hydrazone groups is 1. The van der Waals surface area contributed by atoms with Gasteiger partial charge in [-0.1, -0.05) is 18.2 Å². The van der Waals surface area contributed by atoms with E-state index in [2.05, 4.69) is 24.4 Å². The topological polar surface area (TPSA) is 50.7 Å². The van der Waals surface area contributed by atoms with E-state index in [-0.39, 0.29) is 5.91 Å². The van der Waals surface area contributed by atoms with Crippen LogP contribution in [0.5, 0.6) is 5.75 Å². The summed E-state index contributed by atoms with van der Waals surface area (Å²) in [6, 6.07) is 11.0. The number of carbonyl (C=O) groups is 1. The molecule has 2 rings (SSSR count). The zero-order chi connectivity index (χ0) is 16.1. The highest BCUT2D eigenvalue weighted by Gasteiger charge is 2.05. The van der Waals surface area contributed by atoms with E-state index in [1.54, 1.807) is 37.6 Å². The van der Waals surface area contributed by atoms with Gasteiger partial charge < -0.3 is 4.74 Å². The molecular formula is C18H20N2O2. The van der Waals surface area contributed by atoms with E-state index in [4.69, 9.17) is 4.74 Å². The lowest BCUT2D eigenvalue weighted by molar-refractivity contribution is 0.0955. The number of nitrogens with one attached hydrogen (secondary N) is 1. The van der Waals surface area contributed by atoms with E-state index in [0.29, 0.717) is 11.3 Å². The third-order valence-electron chi connectivity index (χ3n) is 3.80. The quantitative estimate of drug-likeness (QED) is 0.694. The van der Waals surface area contributed by atoms with Gasteiger partial charge in [0.25, 0.3) is 5.91 Å². The lowest BCUT2D eigenvalue weighted by Crippen LogP contribution is -2.17. The van der Waals surface area contributed by atoms with Crippen LogP contribution < -0.4 is 10.2 Å². The lowest BCUT2D eigenvalue weighted by Gasteiger charge is -2.07. The zero-order valence-electron chi connectivity index (χ0n) is 13.3. The van der Waals surface area contributed by atoms with Crippen LogP contribution in [-0.2, 0) is 0 Å². The van der Waals surface area contributed by atoms with Gasteiger partial charge in [-0.2, -0.15) is 5.10 Å². The van der Waals surface area contributed by atoms with E-state index in [0.717, 1.165) is 5.56 Å². The molecule has 0 saturated heterocycles. The summed E-state index contributed by atoms with van der Waals surface area (Å²) in [5.41, 5.74) is 7.69. The molecule has 0 heterocycles. The monoisotopic (exact) mass is 296 g/mol. The van der Waals surface area contributed by atoms with E-state index in [1.807, 2.05) is 19.1 Å². The molecular weight excluding hydrogens is 276 g/mol. The van der Waals surface area contributed by atoms with Crippen LogP contribution in [-0.4, -0.2) is 19.2 Å². The van der Waals surface area contributed by atoms with Gasteiger partial charge in [0.15, 0.2) is 0 Å². The molecule has 2 aromatic rings. The van der Waals surface area contributed by atoms with Crippen molar-refractivity contribution in [3.63, 3.8) is 0 Å². The van der Waals surface area contributed by atoms with Gasteiger partial charge in [0, 0.05) is 5.56 Å². The number of ether oxygens (including phenoxy) is 1. The summed E-state index contributed by atoms with van der Waals surface area (Å²) in [6.45, 7) is 6.21. The summed E-state index contributed by atoms with van der Waals surface area (Å²) in [5, 5.41) is 4.04. The minimum atomic E-state index is -0.267. The zero-order valence-corrected chi connectivity index (χ0v) is 13.3. The predicted octanol–water partition coefficient (Wildman–Crippen LogP) is 3.38. The number of hydrogen-bond donors (Lipinski definition) is 1. The molecule has 22 heavy (non-hydrogen) atoms. The Hall–Kier alpha value is -2.62. The van der Waals surface area contributed by atoms with Crippen molar-refractivity contribution in [3.05, 3.63) is 64.2 Å². The Bertz CT molecular complexity index is 721. The minimum absolute atomic E-state index is 0.267. The number of carbonyl (C=O) groups excluding carboxylic acids is 1. The number of benzene rings is 2. The third kappa shape index (κ3) is 3.52. The molecule has 4 nitrogen and oxygen atoms in total. The van der Waals surface area contributed by atoms with Crippen LogP contribution in [0.1, 0.15) is 32.6 Å². The van der Waals surface area contributed by atoms with E-state index in [1.165, 1.54) is 16.7 Å². The van der Waals surface area contributed by atoms with Crippen LogP contribution >= 0.6 is 0 Å². The molecule has 4 heteroatoms. The van der Waals surface area contributed by atoms with Crippen LogP contribution in [0, 0.1) is 20.8 Å². The summed E-state index contributed by atoms with van der Waals surface area (Å²) in [6.07, 6.45) is 1.67. The van der Waals surface area contributed by atoms with E-state index >= 15 is 0 Å². The molecule has 0 aromatic heterocycles. The number of hydrogen-bond acceptors (Lipinski definition) is 3. The highest BCUT2D eigenvalue weighted by atomic mass is 16.5. The first-order valence-corrected chi connectivity index (χ1v) is 7.07. The molecule has 0 fully saturated rings. The second kappa shape index (κ2) is 6.89. The van der Waals surface area contributed by atoms with Gasteiger partial charge in [0.2, 0.25) is 0 Å². The maximum absolute atomic E-state index is 12.0. The number of aryl methyl sites for hydroxylation is 1. The molecule has 0 atom stereocenters. The average molecular weight is 296 g/mol. The van der Waals surface area contributed by atoms with Crippen molar-refractivity contribution >= 4 is 12.1 Å². The molecule has 0 aliphatic carbocycles. The maximum Gasteiger partial charge on any atom is 0.271 e. The second-order valence-electron chi connectivity index (χ2n) is 5.15. The van der Waals surface area contributed by atoms with Gasteiger partial charge in [0.05, 0.1) is 13.3 Å². The van der Waals surface area contributed by atoms with Crippen LogP contribution in [0.3, 0.4) is 0 Å². The lowest BCUT2D eigenvalue weighted by atomic mass is 10.00. The Morgan fingerprint density at radius 3 is 2.64 bits per heavy atom. The van der Waals surface area contributed by atoms with Gasteiger partial charge in [-0.25, -0.2) is 5.43 Å². The van der Waals surface area contributed by atoms with Gasteiger partial charge in [-0.3, -0.25) is 4.79 Å². The molecule has 0 saturated carbocycles. The number of rotatable bonds is 4. The van der Waals surface area contributed by atoms with Crippen molar-refractivity contribution < 1.29 is 9.53 Å². The Morgan fingerprint density at radius 1 is 1.14 bits per heavy atom. The summed E-state index contributed by atoms with van der Waals surface area (Å²) in [7, 11) is 1.57. The molecule has 0 aliphatic rings. The Labute approximate surface area is 130 Å². The van der Waals surface area contributed by atoms with Crippen molar-refractivity contribution in [3.8, 4) is 5.75 Å². The van der Waals surface area contributed by atoms with Gasteiger partial charge in [-0.15, -0.1) is 0 Å². The Balaban J connectivity index is 2.09. The van der Waals surface area contributed by atoms with E-state index < -0.39 is 0 Å². The molecule has 0 aliphatic heterocycles. The number of nitrogens with zero attached hydrogens (tertiary/aromatic N) is 1. The fourth-order valence-corrected chi connectivity index (χ4v) is 2.11. The largest absolute Gasteiger partial charge is 0.497 e. The molecule has 0 spiro atoms. The van der Waals surface area contributed by atoms with Crippen molar-refractivity contribution in [2.45, 2.75) is 20.8 Å². The van der Waals surface area contributed by atoms with Crippen LogP contribution in [0.4, 0.5) is 0 Å². The molecule has 114 valence electrons. The van der Waals surface area contributed by atoms with Crippen LogP contribution in [0.15, 0.2) is 41.5 Å². The van der Waals surface area contributed by atoms with Crippen molar-refractivity contribution in [2.24, 2.45) is 5.10 Å². The summed E-state index contributed by atoms with van der Waals surface area (Å²) < 4.78 is 5.10. The second-order valence-corrected chi connectivity index (χ2v) is 5.15. The maximum atomic E-state index is 12.0. The van der Waals surface area contributed by atoms with E-state index in [9.17, 15) is 4.79 Å². The SMILES string of the molecule is COc1cccc(C(=O)N/N=C\c2ccc(C)c(C)c2C)c1. The summed E-state index contributed by atoms with van der Waals surface area (Å²) in [5.74, 6) is 0.373. The standard InChI is InChI=1S/C18H20N2O2/c1-12-8-9-16(14(3)13(12)2)11-19-20-18(21)15-6-5-7-17(10-15)22-4/h5-11H,1-4H3,(H,20,21)/b19-11-. The summed E-state index contributed by atoms with van der Waals surface area (Å²) >= 11 is 0. The minimum Gasteiger partial charge on any atom is -0.497 e. The highest BCUT2D eigenvalue weighted by Crippen LogP contribution is 2.15. The first kappa shape index (κ1) is 15.8. The van der Waals surface area contributed by atoms with Crippen LogP contribution in [0.25, 0.3) is 0 Å². The number of amides is 1. The molecule has 2 aromatic carbocycles. The Morgan fingerprint density at radius 2 is 1.91 bits per heavy atom. The molecule has 1 amide bonds. The van der Waals surface area contributed by atoms with Crippen molar-refractivity contribution in [1.82, 2.24) is 5.43 Å². The smallest absolute Gasteiger partial charge is 0.271 e. The van der Waals surface area contributed by atoms with Gasteiger partial charge in [0.1, 0.15) is 5.75 Å². The number of methoxy groups -OCH3 is 1. The molecule has 0 unspecified atom stereocenters. The normalized spacial score (nSPS) is 10.7. The fraction of sp³-hybridized carbons (Fsp3) is 0.222. The highest BCUT2D eigenvalue weighted by molar-refractivity contribution is 5.95. The van der Waals surface area contributed by atoms with Crippen LogP contribution in [0.2, 0.25) is 0 Å². The van der Waals surface area contributed by atoms with Gasteiger partial charge in [-0.05, 0) is 61.2 Å². The average Bonchev–Trinajstić information content (AvgIpc) is 2.54.